The summed E-state index contributed by atoms with van der Waals surface area (Å²) < 4.78 is 0. The van der Waals surface area contributed by atoms with Gasteiger partial charge in [0.2, 0.25) is 0 Å². The third kappa shape index (κ3) is 3.96. The molecule has 1 aromatic carbocycles. The fraction of sp³-hybridized carbons (Fsp3) is 0.467. The van der Waals surface area contributed by atoms with Gasteiger partial charge in [-0.1, -0.05) is 11.6 Å². The third-order valence-corrected chi connectivity index (χ3v) is 3.77. The number of rotatable bonds is 4. The minimum absolute atomic E-state index is 0.0679. The summed E-state index contributed by atoms with van der Waals surface area (Å²) >= 11 is 5.83. The van der Waals surface area contributed by atoms with Crippen LogP contribution in [0.5, 0.6) is 0 Å². The van der Waals surface area contributed by atoms with Crippen LogP contribution in [0.3, 0.4) is 0 Å². The van der Waals surface area contributed by atoms with E-state index in [4.69, 9.17) is 16.9 Å². The quantitative estimate of drug-likeness (QED) is 0.800. The van der Waals surface area contributed by atoms with Gasteiger partial charge in [0.15, 0.2) is 0 Å². The molecule has 0 aromatic heterocycles. The average molecular weight is 292 g/mol. The van der Waals surface area contributed by atoms with Crippen LogP contribution in [0.2, 0.25) is 5.02 Å². The minimum Gasteiger partial charge on any atom is -0.336 e. The van der Waals surface area contributed by atoms with Crippen molar-refractivity contribution in [2.24, 2.45) is 0 Å². The summed E-state index contributed by atoms with van der Waals surface area (Å²) in [6.07, 6.45) is 1.51. The summed E-state index contributed by atoms with van der Waals surface area (Å²) in [6, 6.07) is 9.18. The molecule has 1 aliphatic heterocycles. The molecule has 1 aromatic rings. The van der Waals surface area contributed by atoms with Crippen molar-refractivity contribution in [3.05, 3.63) is 34.9 Å². The molecule has 1 amide bonds. The van der Waals surface area contributed by atoms with Gasteiger partial charge >= 0.3 is 0 Å². The van der Waals surface area contributed by atoms with E-state index >= 15 is 0 Å². The van der Waals surface area contributed by atoms with E-state index in [0.29, 0.717) is 17.0 Å². The van der Waals surface area contributed by atoms with Crippen LogP contribution in [0.4, 0.5) is 0 Å². The van der Waals surface area contributed by atoms with E-state index in [1.165, 1.54) is 0 Å². The Bertz CT molecular complexity index is 487. The van der Waals surface area contributed by atoms with Crippen molar-refractivity contribution in [1.82, 2.24) is 9.80 Å². The zero-order valence-electron chi connectivity index (χ0n) is 11.4. The van der Waals surface area contributed by atoms with Gasteiger partial charge in [-0.15, -0.1) is 0 Å². The van der Waals surface area contributed by atoms with Gasteiger partial charge in [0.1, 0.15) is 0 Å². The summed E-state index contributed by atoms with van der Waals surface area (Å²) in [5.74, 6) is 0.0679. The van der Waals surface area contributed by atoms with E-state index < -0.39 is 0 Å². The second kappa shape index (κ2) is 7.28. The highest BCUT2D eigenvalue weighted by Gasteiger charge is 2.21. The van der Waals surface area contributed by atoms with Crippen LogP contribution < -0.4 is 0 Å². The summed E-state index contributed by atoms with van der Waals surface area (Å²) in [7, 11) is 0. The average Bonchev–Trinajstić information content (AvgIpc) is 2.48. The standard InChI is InChI=1S/C15H18ClN3O/c16-14-5-3-13(4-6-14)15(20)19-11-9-18(10-12-19)8-2-1-7-17/h3-6H,1-2,8-12H2. The topological polar surface area (TPSA) is 47.3 Å². The zero-order chi connectivity index (χ0) is 14.4. The Kier molecular flexibility index (Phi) is 5.40. The summed E-state index contributed by atoms with van der Waals surface area (Å²) in [5, 5.41) is 9.17. The molecule has 106 valence electrons. The largest absolute Gasteiger partial charge is 0.336 e. The molecule has 4 nitrogen and oxygen atoms in total. The van der Waals surface area contributed by atoms with Gasteiger partial charge in [-0.05, 0) is 37.2 Å². The molecule has 0 N–H and O–H groups in total. The third-order valence-electron chi connectivity index (χ3n) is 3.51. The number of nitriles is 1. The highest BCUT2D eigenvalue weighted by atomic mass is 35.5. The smallest absolute Gasteiger partial charge is 0.253 e. The van der Waals surface area contributed by atoms with Crippen LogP contribution in [-0.2, 0) is 0 Å². The number of unbranched alkanes of at least 4 members (excludes halogenated alkanes) is 1. The first-order chi connectivity index (χ1) is 9.70. The molecule has 1 saturated heterocycles. The molecule has 5 heteroatoms. The Morgan fingerprint density at radius 2 is 1.85 bits per heavy atom. The normalized spacial score (nSPS) is 15.9. The maximum Gasteiger partial charge on any atom is 0.253 e. The van der Waals surface area contributed by atoms with Gasteiger partial charge in [-0.2, -0.15) is 5.26 Å². The number of hydrogen-bond acceptors (Lipinski definition) is 3. The molecule has 1 aliphatic rings. The Balaban J connectivity index is 1.83. The van der Waals surface area contributed by atoms with Gasteiger partial charge in [-0.25, -0.2) is 0 Å². The fourth-order valence-corrected chi connectivity index (χ4v) is 2.46. The van der Waals surface area contributed by atoms with Crippen molar-refractivity contribution in [2.45, 2.75) is 12.8 Å². The van der Waals surface area contributed by atoms with E-state index in [1.54, 1.807) is 24.3 Å². The lowest BCUT2D eigenvalue weighted by molar-refractivity contribution is 0.0636. The van der Waals surface area contributed by atoms with E-state index in [9.17, 15) is 4.79 Å². The number of amides is 1. The number of benzene rings is 1. The molecule has 0 spiro atoms. The Labute approximate surface area is 124 Å². The second-order valence-electron chi connectivity index (χ2n) is 4.90. The fourth-order valence-electron chi connectivity index (χ4n) is 2.33. The zero-order valence-corrected chi connectivity index (χ0v) is 12.1. The number of halogens is 1. The molecule has 0 unspecified atom stereocenters. The lowest BCUT2D eigenvalue weighted by Gasteiger charge is -2.34. The van der Waals surface area contributed by atoms with Crippen LogP contribution >= 0.6 is 11.6 Å². The monoisotopic (exact) mass is 291 g/mol. The molecular formula is C15H18ClN3O. The number of nitrogens with zero attached hydrogens (tertiary/aromatic N) is 3. The highest BCUT2D eigenvalue weighted by molar-refractivity contribution is 6.30. The van der Waals surface area contributed by atoms with Gasteiger partial charge in [0, 0.05) is 43.2 Å². The number of carbonyl (C=O) groups is 1. The van der Waals surface area contributed by atoms with Crippen molar-refractivity contribution >= 4 is 17.5 Å². The first-order valence-corrected chi connectivity index (χ1v) is 7.22. The molecule has 20 heavy (non-hydrogen) atoms. The minimum atomic E-state index is 0.0679. The maximum absolute atomic E-state index is 12.3. The van der Waals surface area contributed by atoms with Crippen molar-refractivity contribution in [2.75, 3.05) is 32.7 Å². The molecule has 2 rings (SSSR count). The first kappa shape index (κ1) is 14.8. The van der Waals surface area contributed by atoms with E-state index in [2.05, 4.69) is 11.0 Å². The Hall–Kier alpha value is -1.57. The SMILES string of the molecule is N#CCCCN1CCN(C(=O)c2ccc(Cl)cc2)CC1. The molecule has 0 saturated carbocycles. The molecule has 1 fully saturated rings. The van der Waals surface area contributed by atoms with Crippen LogP contribution in [0.15, 0.2) is 24.3 Å². The van der Waals surface area contributed by atoms with Crippen LogP contribution in [0, 0.1) is 11.3 Å². The van der Waals surface area contributed by atoms with Crippen molar-refractivity contribution in [3.63, 3.8) is 0 Å². The van der Waals surface area contributed by atoms with E-state index in [0.717, 1.165) is 39.1 Å². The maximum atomic E-state index is 12.3. The molecule has 0 radical (unpaired) electrons. The van der Waals surface area contributed by atoms with Gasteiger partial charge in [0.25, 0.3) is 5.91 Å². The number of piperazine rings is 1. The molecule has 1 heterocycles. The first-order valence-electron chi connectivity index (χ1n) is 6.85. The van der Waals surface area contributed by atoms with Crippen LogP contribution in [-0.4, -0.2) is 48.4 Å². The predicted molar refractivity (Wildman–Crippen MR) is 78.6 cm³/mol. The summed E-state index contributed by atoms with van der Waals surface area (Å²) in [4.78, 5) is 16.5. The predicted octanol–water partition coefficient (Wildman–Crippen LogP) is 2.40. The Morgan fingerprint density at radius 3 is 2.45 bits per heavy atom. The molecular weight excluding hydrogens is 274 g/mol. The van der Waals surface area contributed by atoms with Crippen LogP contribution in [0.25, 0.3) is 0 Å². The van der Waals surface area contributed by atoms with Crippen molar-refractivity contribution in [1.29, 1.82) is 5.26 Å². The Morgan fingerprint density at radius 1 is 1.20 bits per heavy atom. The van der Waals surface area contributed by atoms with Gasteiger partial charge in [-0.3, -0.25) is 9.69 Å². The highest BCUT2D eigenvalue weighted by Crippen LogP contribution is 2.13. The molecule has 0 aliphatic carbocycles. The van der Waals surface area contributed by atoms with Gasteiger partial charge in [0.05, 0.1) is 6.07 Å². The summed E-state index contributed by atoms with van der Waals surface area (Å²) in [5.41, 5.74) is 0.687. The van der Waals surface area contributed by atoms with E-state index in [1.807, 2.05) is 4.90 Å². The van der Waals surface area contributed by atoms with Gasteiger partial charge < -0.3 is 4.90 Å². The number of hydrogen-bond donors (Lipinski definition) is 0. The second-order valence-corrected chi connectivity index (χ2v) is 5.34. The van der Waals surface area contributed by atoms with E-state index in [-0.39, 0.29) is 5.91 Å². The molecule has 0 bridgehead atoms. The van der Waals surface area contributed by atoms with Crippen molar-refractivity contribution in [3.8, 4) is 6.07 Å². The number of carbonyl (C=O) groups excluding carboxylic acids is 1. The molecule has 0 atom stereocenters. The van der Waals surface area contributed by atoms with Crippen molar-refractivity contribution < 1.29 is 4.79 Å². The summed E-state index contributed by atoms with van der Waals surface area (Å²) in [6.45, 7) is 4.19. The lowest BCUT2D eigenvalue weighted by atomic mass is 10.2. The van der Waals surface area contributed by atoms with Crippen LogP contribution in [0.1, 0.15) is 23.2 Å². The lowest BCUT2D eigenvalue weighted by Crippen LogP contribution is -2.48.